The maximum absolute atomic E-state index is 17.2. The van der Waals surface area contributed by atoms with Crippen molar-refractivity contribution in [1.29, 1.82) is 0 Å². The molecule has 0 unspecified atom stereocenters. The summed E-state index contributed by atoms with van der Waals surface area (Å²) in [4.78, 5) is 15.3. The van der Waals surface area contributed by atoms with Crippen molar-refractivity contribution in [2.75, 3.05) is 36.7 Å². The molecular weight excluding hydrogens is 559 g/mol. The predicted molar refractivity (Wildman–Crippen MR) is 171 cm³/mol. The van der Waals surface area contributed by atoms with Gasteiger partial charge in [0.2, 0.25) is 11.8 Å². The Bertz CT molecular complexity index is 1780. The van der Waals surface area contributed by atoms with Crippen LogP contribution >= 0.6 is 0 Å². The summed E-state index contributed by atoms with van der Waals surface area (Å²) in [5.41, 5.74) is 11.0. The molecule has 0 radical (unpaired) electrons. The summed E-state index contributed by atoms with van der Waals surface area (Å²) in [5, 5.41) is 3.98. The summed E-state index contributed by atoms with van der Waals surface area (Å²) in [6.07, 6.45) is 3.25. The van der Waals surface area contributed by atoms with Gasteiger partial charge in [-0.25, -0.2) is 19.3 Å². The van der Waals surface area contributed by atoms with E-state index in [1.54, 1.807) is 32.7 Å². The number of aromatic nitrogens is 3. The second-order valence-electron chi connectivity index (χ2n) is 11.5. The lowest BCUT2D eigenvalue weighted by atomic mass is 9.96. The summed E-state index contributed by atoms with van der Waals surface area (Å²) < 4.78 is 34.0. The molecular formula is C34H35FN6O3. The molecule has 2 aromatic heterocycles. The van der Waals surface area contributed by atoms with E-state index in [0.717, 1.165) is 33.9 Å². The molecule has 44 heavy (non-hydrogen) atoms. The van der Waals surface area contributed by atoms with Crippen molar-refractivity contribution in [2.45, 2.75) is 39.5 Å². The monoisotopic (exact) mass is 594 g/mol. The van der Waals surface area contributed by atoms with Crippen LogP contribution in [0, 0.1) is 12.7 Å². The van der Waals surface area contributed by atoms with Gasteiger partial charge in [-0.15, -0.1) is 0 Å². The maximum Gasteiger partial charge on any atom is 0.238 e. The molecule has 9 nitrogen and oxygen atoms in total. The zero-order valence-corrected chi connectivity index (χ0v) is 25.4. The smallest absolute Gasteiger partial charge is 0.238 e. The zero-order chi connectivity index (χ0) is 31.0. The highest BCUT2D eigenvalue weighted by Gasteiger charge is 2.30. The SMILES string of the molecule is COc1ccc(CN(Cc2ccc(OC)cc2)c2c(F)c(-c3cnc4c(c3C)NCC(C)(C)O4)cc3nc(N)ncc23)cc1. The van der Waals surface area contributed by atoms with Gasteiger partial charge in [-0.05, 0) is 67.8 Å². The van der Waals surface area contributed by atoms with E-state index in [0.29, 0.717) is 53.2 Å². The number of benzene rings is 3. The number of rotatable bonds is 8. The van der Waals surface area contributed by atoms with Crippen LogP contribution in [0.5, 0.6) is 17.4 Å². The average Bonchev–Trinajstić information content (AvgIpc) is 3.01. The number of nitrogens with two attached hydrogens (primary N) is 1. The van der Waals surface area contributed by atoms with Gasteiger partial charge in [0.15, 0.2) is 5.82 Å². The van der Waals surface area contributed by atoms with Gasteiger partial charge in [0, 0.05) is 42.0 Å². The van der Waals surface area contributed by atoms with Gasteiger partial charge in [0.1, 0.15) is 22.8 Å². The Balaban J connectivity index is 1.53. The minimum Gasteiger partial charge on any atom is -0.497 e. The van der Waals surface area contributed by atoms with E-state index in [1.807, 2.05) is 74.2 Å². The quantitative estimate of drug-likeness (QED) is 0.207. The molecule has 0 saturated heterocycles. The molecule has 0 saturated carbocycles. The zero-order valence-electron chi connectivity index (χ0n) is 25.4. The lowest BCUT2D eigenvalue weighted by molar-refractivity contribution is 0.109. The number of nitrogen functional groups attached to an aromatic ring is 1. The van der Waals surface area contributed by atoms with Crippen LogP contribution in [0.2, 0.25) is 0 Å². The third kappa shape index (κ3) is 5.62. The first-order valence-corrected chi connectivity index (χ1v) is 14.3. The van der Waals surface area contributed by atoms with Crippen LogP contribution in [0.1, 0.15) is 30.5 Å². The van der Waals surface area contributed by atoms with Gasteiger partial charge < -0.3 is 30.2 Å². The van der Waals surface area contributed by atoms with Crippen LogP contribution in [0.15, 0.2) is 67.0 Å². The second kappa shape index (κ2) is 11.5. The molecule has 0 aliphatic carbocycles. The normalized spacial score (nSPS) is 13.5. The number of ether oxygens (including phenoxy) is 3. The fourth-order valence-electron chi connectivity index (χ4n) is 5.51. The van der Waals surface area contributed by atoms with E-state index in [4.69, 9.17) is 19.9 Å². The maximum atomic E-state index is 17.2. The van der Waals surface area contributed by atoms with Gasteiger partial charge in [0.25, 0.3) is 0 Å². The van der Waals surface area contributed by atoms with E-state index < -0.39 is 11.4 Å². The van der Waals surface area contributed by atoms with Crippen LogP contribution in [0.4, 0.5) is 21.7 Å². The highest BCUT2D eigenvalue weighted by molar-refractivity contribution is 5.97. The van der Waals surface area contributed by atoms with Crippen molar-refractivity contribution in [1.82, 2.24) is 15.0 Å². The van der Waals surface area contributed by atoms with Gasteiger partial charge in [-0.2, -0.15) is 0 Å². The Kier molecular flexibility index (Phi) is 7.59. The number of nitrogens with zero attached hydrogens (tertiary/aromatic N) is 4. The number of pyridine rings is 1. The van der Waals surface area contributed by atoms with E-state index >= 15 is 4.39 Å². The highest BCUT2D eigenvalue weighted by atomic mass is 19.1. The van der Waals surface area contributed by atoms with E-state index in [-0.39, 0.29) is 5.95 Å². The third-order valence-electron chi connectivity index (χ3n) is 7.86. The predicted octanol–water partition coefficient (Wildman–Crippen LogP) is 6.53. The van der Waals surface area contributed by atoms with Crippen LogP contribution in [0.25, 0.3) is 22.0 Å². The Morgan fingerprint density at radius 2 is 1.55 bits per heavy atom. The number of anilines is 3. The molecule has 10 heteroatoms. The lowest BCUT2D eigenvalue weighted by Gasteiger charge is -2.34. The molecule has 0 atom stereocenters. The van der Waals surface area contributed by atoms with Crippen LogP contribution in [0.3, 0.4) is 0 Å². The molecule has 0 spiro atoms. The Morgan fingerprint density at radius 3 is 2.14 bits per heavy atom. The summed E-state index contributed by atoms with van der Waals surface area (Å²) in [5.74, 6) is 1.69. The molecule has 226 valence electrons. The minimum atomic E-state index is -0.410. The Hall–Kier alpha value is -5.12. The van der Waals surface area contributed by atoms with Crippen molar-refractivity contribution in [3.63, 3.8) is 0 Å². The van der Waals surface area contributed by atoms with Gasteiger partial charge in [-0.3, -0.25) is 0 Å². The van der Waals surface area contributed by atoms with E-state index in [9.17, 15) is 0 Å². The molecule has 1 aliphatic heterocycles. The summed E-state index contributed by atoms with van der Waals surface area (Å²) in [6.45, 7) is 7.33. The first-order chi connectivity index (χ1) is 21.2. The Labute approximate surface area is 255 Å². The largest absolute Gasteiger partial charge is 0.497 e. The van der Waals surface area contributed by atoms with Gasteiger partial charge in [-0.1, -0.05) is 24.3 Å². The number of fused-ring (bicyclic) bond motifs is 2. The number of methoxy groups -OCH3 is 2. The number of nitrogens with one attached hydrogen (secondary N) is 1. The number of hydrogen-bond acceptors (Lipinski definition) is 9. The van der Waals surface area contributed by atoms with Gasteiger partial charge >= 0.3 is 0 Å². The molecule has 3 N–H and O–H groups in total. The highest BCUT2D eigenvalue weighted by Crippen LogP contribution is 2.43. The Morgan fingerprint density at radius 1 is 0.932 bits per heavy atom. The topological polar surface area (TPSA) is 108 Å². The number of hydrogen-bond donors (Lipinski definition) is 2. The fourth-order valence-corrected chi connectivity index (χ4v) is 5.51. The van der Waals surface area contributed by atoms with Crippen molar-refractivity contribution >= 4 is 28.2 Å². The molecule has 0 fully saturated rings. The molecule has 3 heterocycles. The third-order valence-corrected chi connectivity index (χ3v) is 7.86. The van der Waals surface area contributed by atoms with Crippen LogP contribution in [-0.2, 0) is 13.1 Å². The molecule has 5 aromatic rings. The molecule has 0 amide bonds. The average molecular weight is 595 g/mol. The summed E-state index contributed by atoms with van der Waals surface area (Å²) in [7, 11) is 3.26. The number of halogens is 1. The van der Waals surface area contributed by atoms with E-state index in [2.05, 4.69) is 20.3 Å². The first kappa shape index (κ1) is 29.0. The van der Waals surface area contributed by atoms with Crippen molar-refractivity contribution < 1.29 is 18.6 Å². The van der Waals surface area contributed by atoms with Crippen LogP contribution < -0.4 is 30.2 Å². The van der Waals surface area contributed by atoms with Gasteiger partial charge in [0.05, 0.1) is 32.0 Å². The molecule has 0 bridgehead atoms. The molecule has 3 aromatic carbocycles. The fraction of sp³-hybridized carbons (Fsp3) is 0.265. The summed E-state index contributed by atoms with van der Waals surface area (Å²) >= 11 is 0. The van der Waals surface area contributed by atoms with E-state index in [1.165, 1.54) is 0 Å². The minimum absolute atomic E-state index is 0.107. The molecule has 6 rings (SSSR count). The summed E-state index contributed by atoms with van der Waals surface area (Å²) in [6, 6.07) is 17.2. The second-order valence-corrected chi connectivity index (χ2v) is 11.5. The van der Waals surface area contributed by atoms with Crippen LogP contribution in [-0.4, -0.2) is 41.3 Å². The molecule has 1 aliphatic rings. The lowest BCUT2D eigenvalue weighted by Crippen LogP contribution is -2.40. The van der Waals surface area contributed by atoms with Crippen molar-refractivity contribution in [2.24, 2.45) is 0 Å². The van der Waals surface area contributed by atoms with Crippen molar-refractivity contribution in [3.05, 3.63) is 89.5 Å². The first-order valence-electron chi connectivity index (χ1n) is 14.3. The van der Waals surface area contributed by atoms with Crippen molar-refractivity contribution in [3.8, 4) is 28.5 Å². The standard InChI is InChI=1S/C34H35FN6O3/c1-20-26(15-37-32-30(20)39-19-34(2,3)44-32)25-14-28-27(16-38-33(36)40-28)31(29(25)35)41(17-21-6-10-23(42-4)11-7-21)18-22-8-12-24(43-5)13-9-22/h6-16,39H,17-19H2,1-5H3,(H2,36,38,40).